The van der Waals surface area contributed by atoms with Gasteiger partial charge in [0.15, 0.2) is 0 Å². The molecule has 0 saturated carbocycles. The number of carbonyl (C=O) groups excluding carboxylic acids is 2. The molecule has 2 N–H and O–H groups in total. The molecule has 1 saturated heterocycles. The van der Waals surface area contributed by atoms with Crippen molar-refractivity contribution in [2.24, 2.45) is 5.92 Å². The summed E-state index contributed by atoms with van der Waals surface area (Å²) in [5.74, 6) is -0.768. The van der Waals surface area contributed by atoms with E-state index in [-0.39, 0.29) is 18.2 Å². The molecule has 0 aliphatic carbocycles. The molecule has 2 rings (SSSR count). The molecule has 0 spiro atoms. The van der Waals surface area contributed by atoms with Gasteiger partial charge >= 0.3 is 0 Å². The number of hydrogen-bond donors (Lipinski definition) is 2. The number of rotatable bonds is 5. The number of hydroxylamine groups is 1. The summed E-state index contributed by atoms with van der Waals surface area (Å²) >= 11 is 0. The predicted molar refractivity (Wildman–Crippen MR) is 74.0 cm³/mol. The summed E-state index contributed by atoms with van der Waals surface area (Å²) in [5, 5.41) is 8.55. The van der Waals surface area contributed by atoms with Crippen LogP contribution in [0.3, 0.4) is 0 Å². The van der Waals surface area contributed by atoms with Gasteiger partial charge in [0.1, 0.15) is 0 Å². The van der Waals surface area contributed by atoms with Crippen LogP contribution in [0.5, 0.6) is 0 Å². The standard InChI is InChI=1S/C15H20N2O3/c18-14(16-20)11-13-7-4-9-17(15(13)19)10-8-12-5-2-1-3-6-12/h1-3,5-6,13,20H,4,7-11H2,(H,16,18). The van der Waals surface area contributed by atoms with E-state index in [0.29, 0.717) is 13.0 Å². The lowest BCUT2D eigenvalue weighted by atomic mass is 9.93. The van der Waals surface area contributed by atoms with Gasteiger partial charge in [0.05, 0.1) is 0 Å². The lowest BCUT2D eigenvalue weighted by Crippen LogP contribution is -2.43. The molecule has 1 aliphatic rings. The van der Waals surface area contributed by atoms with Crippen LogP contribution in [0.1, 0.15) is 24.8 Å². The minimum absolute atomic E-state index is 0.0239. The molecule has 1 aromatic carbocycles. The summed E-state index contributed by atoms with van der Waals surface area (Å²) in [7, 11) is 0. The highest BCUT2D eigenvalue weighted by Gasteiger charge is 2.29. The van der Waals surface area contributed by atoms with E-state index in [0.717, 1.165) is 19.4 Å². The first-order chi connectivity index (χ1) is 9.70. The Labute approximate surface area is 118 Å². The molecule has 2 amide bonds. The molecule has 1 unspecified atom stereocenters. The molecule has 0 aromatic heterocycles. The number of piperidine rings is 1. The normalized spacial score (nSPS) is 18.9. The molecule has 1 aliphatic heterocycles. The van der Waals surface area contributed by atoms with Gasteiger partial charge in [-0.05, 0) is 24.8 Å². The fourth-order valence-corrected chi connectivity index (χ4v) is 2.61. The molecule has 5 nitrogen and oxygen atoms in total. The van der Waals surface area contributed by atoms with Gasteiger partial charge in [0.2, 0.25) is 11.8 Å². The Morgan fingerprint density at radius 3 is 2.80 bits per heavy atom. The molecule has 0 radical (unpaired) electrons. The third-order valence-electron chi connectivity index (χ3n) is 3.71. The van der Waals surface area contributed by atoms with Crippen molar-refractivity contribution in [2.45, 2.75) is 25.7 Å². The molecular weight excluding hydrogens is 256 g/mol. The molecule has 0 bridgehead atoms. The van der Waals surface area contributed by atoms with Gasteiger partial charge in [-0.15, -0.1) is 0 Å². The molecular formula is C15H20N2O3. The van der Waals surface area contributed by atoms with E-state index in [1.165, 1.54) is 5.56 Å². The van der Waals surface area contributed by atoms with E-state index in [1.54, 1.807) is 5.48 Å². The van der Waals surface area contributed by atoms with Crippen LogP contribution in [0.4, 0.5) is 0 Å². The number of amides is 2. The summed E-state index contributed by atoms with van der Waals surface area (Å²) in [6.07, 6.45) is 2.51. The van der Waals surface area contributed by atoms with Crippen molar-refractivity contribution >= 4 is 11.8 Å². The second-order valence-corrected chi connectivity index (χ2v) is 5.14. The number of carbonyl (C=O) groups is 2. The average Bonchev–Trinajstić information content (AvgIpc) is 2.49. The zero-order valence-electron chi connectivity index (χ0n) is 11.4. The Hall–Kier alpha value is -1.88. The Kier molecular flexibility index (Phi) is 5.12. The van der Waals surface area contributed by atoms with E-state index in [2.05, 4.69) is 0 Å². The molecule has 108 valence electrons. The van der Waals surface area contributed by atoms with E-state index in [1.807, 2.05) is 35.2 Å². The first-order valence-electron chi connectivity index (χ1n) is 6.96. The first kappa shape index (κ1) is 14.5. The number of hydrogen-bond acceptors (Lipinski definition) is 3. The van der Waals surface area contributed by atoms with Gasteiger partial charge in [0.25, 0.3) is 0 Å². The van der Waals surface area contributed by atoms with Crippen LogP contribution in [0.2, 0.25) is 0 Å². The quantitative estimate of drug-likeness (QED) is 0.630. The largest absolute Gasteiger partial charge is 0.342 e. The van der Waals surface area contributed by atoms with Crippen LogP contribution in [-0.2, 0) is 16.0 Å². The number of likely N-dealkylation sites (tertiary alicyclic amines) is 1. The monoisotopic (exact) mass is 276 g/mol. The predicted octanol–water partition coefficient (Wildman–Crippen LogP) is 1.36. The van der Waals surface area contributed by atoms with Crippen molar-refractivity contribution in [3.8, 4) is 0 Å². The van der Waals surface area contributed by atoms with Crippen molar-refractivity contribution in [1.82, 2.24) is 10.4 Å². The zero-order chi connectivity index (χ0) is 14.4. The van der Waals surface area contributed by atoms with Crippen molar-refractivity contribution in [1.29, 1.82) is 0 Å². The SMILES string of the molecule is O=C(CC1CCCN(CCc2ccccc2)C1=O)NO. The summed E-state index contributed by atoms with van der Waals surface area (Å²) in [4.78, 5) is 25.3. The Bertz CT molecular complexity index is 461. The number of benzene rings is 1. The Morgan fingerprint density at radius 2 is 2.10 bits per heavy atom. The number of nitrogens with zero attached hydrogens (tertiary/aromatic N) is 1. The fourth-order valence-electron chi connectivity index (χ4n) is 2.61. The average molecular weight is 276 g/mol. The molecule has 1 fully saturated rings. The summed E-state index contributed by atoms with van der Waals surface area (Å²) in [5.41, 5.74) is 2.80. The fraction of sp³-hybridized carbons (Fsp3) is 0.467. The van der Waals surface area contributed by atoms with Crippen LogP contribution >= 0.6 is 0 Å². The number of nitrogens with one attached hydrogen (secondary N) is 1. The highest BCUT2D eigenvalue weighted by atomic mass is 16.5. The van der Waals surface area contributed by atoms with Crippen molar-refractivity contribution in [3.05, 3.63) is 35.9 Å². The highest BCUT2D eigenvalue weighted by Crippen LogP contribution is 2.21. The van der Waals surface area contributed by atoms with Crippen LogP contribution in [0, 0.1) is 5.92 Å². The lowest BCUT2D eigenvalue weighted by molar-refractivity contribution is -0.143. The molecule has 20 heavy (non-hydrogen) atoms. The zero-order valence-corrected chi connectivity index (χ0v) is 11.4. The summed E-state index contributed by atoms with van der Waals surface area (Å²) in [6.45, 7) is 1.43. The lowest BCUT2D eigenvalue weighted by Gasteiger charge is -2.32. The van der Waals surface area contributed by atoms with Gasteiger partial charge in [-0.25, -0.2) is 5.48 Å². The van der Waals surface area contributed by atoms with Gasteiger partial charge in [0, 0.05) is 25.4 Å². The third kappa shape index (κ3) is 3.81. The molecule has 1 aromatic rings. The van der Waals surface area contributed by atoms with E-state index in [4.69, 9.17) is 5.21 Å². The first-order valence-corrected chi connectivity index (χ1v) is 6.96. The minimum atomic E-state index is -0.492. The maximum atomic E-state index is 12.3. The van der Waals surface area contributed by atoms with E-state index < -0.39 is 5.91 Å². The Balaban J connectivity index is 1.88. The van der Waals surface area contributed by atoms with Gasteiger partial charge in [-0.1, -0.05) is 30.3 Å². The summed E-state index contributed by atoms with van der Waals surface area (Å²) < 4.78 is 0. The van der Waals surface area contributed by atoms with Crippen LogP contribution in [-0.4, -0.2) is 35.0 Å². The van der Waals surface area contributed by atoms with Crippen molar-refractivity contribution in [3.63, 3.8) is 0 Å². The van der Waals surface area contributed by atoms with Crippen molar-refractivity contribution in [2.75, 3.05) is 13.1 Å². The third-order valence-corrected chi connectivity index (χ3v) is 3.71. The van der Waals surface area contributed by atoms with E-state index in [9.17, 15) is 9.59 Å². The van der Waals surface area contributed by atoms with Crippen LogP contribution in [0.25, 0.3) is 0 Å². The molecule has 1 heterocycles. The maximum absolute atomic E-state index is 12.3. The Morgan fingerprint density at radius 1 is 1.35 bits per heavy atom. The molecule has 5 heteroatoms. The second-order valence-electron chi connectivity index (χ2n) is 5.14. The summed E-state index contributed by atoms with van der Waals surface area (Å²) in [6, 6.07) is 10.0. The van der Waals surface area contributed by atoms with Gasteiger partial charge in [-0.2, -0.15) is 0 Å². The second kappa shape index (κ2) is 7.05. The minimum Gasteiger partial charge on any atom is -0.342 e. The maximum Gasteiger partial charge on any atom is 0.244 e. The van der Waals surface area contributed by atoms with Crippen LogP contribution in [0.15, 0.2) is 30.3 Å². The highest BCUT2D eigenvalue weighted by molar-refractivity contribution is 5.85. The van der Waals surface area contributed by atoms with E-state index >= 15 is 0 Å². The smallest absolute Gasteiger partial charge is 0.244 e. The van der Waals surface area contributed by atoms with Gasteiger partial charge in [-0.3, -0.25) is 14.8 Å². The van der Waals surface area contributed by atoms with Crippen LogP contribution < -0.4 is 5.48 Å². The van der Waals surface area contributed by atoms with Crippen molar-refractivity contribution < 1.29 is 14.8 Å². The van der Waals surface area contributed by atoms with Gasteiger partial charge < -0.3 is 4.90 Å². The molecule has 1 atom stereocenters. The topological polar surface area (TPSA) is 69.6 Å².